The first-order valence-corrected chi connectivity index (χ1v) is 8.03. The summed E-state index contributed by atoms with van der Waals surface area (Å²) < 4.78 is 27.1. The number of thiophene rings is 1. The van der Waals surface area contributed by atoms with E-state index in [0.29, 0.717) is 4.34 Å². The lowest BCUT2D eigenvalue weighted by Gasteiger charge is -2.19. The molecule has 0 aliphatic heterocycles. The summed E-state index contributed by atoms with van der Waals surface area (Å²) in [5.74, 6) is 0.0195. The van der Waals surface area contributed by atoms with Crippen LogP contribution in [0.3, 0.4) is 0 Å². The second-order valence-electron chi connectivity index (χ2n) is 3.86. The Morgan fingerprint density at radius 1 is 1.61 bits per heavy atom. The van der Waals surface area contributed by atoms with Crippen LogP contribution in [0.25, 0.3) is 0 Å². The maximum atomic E-state index is 12.0. The topological polar surface area (TPSA) is 78.8 Å². The first kappa shape index (κ1) is 15.4. The van der Waals surface area contributed by atoms with Gasteiger partial charge in [0.1, 0.15) is 4.21 Å². The molecular weight excluding hydrogens is 296 g/mol. The van der Waals surface area contributed by atoms with E-state index in [4.69, 9.17) is 16.8 Å². The largest absolute Gasteiger partial charge is 0.411 e. The number of rotatable bonds is 6. The lowest BCUT2D eigenvalue weighted by molar-refractivity contribution is 0.317. The summed E-state index contributed by atoms with van der Waals surface area (Å²) >= 11 is 6.70. The Kier molecular flexibility index (Phi) is 5.58. The van der Waals surface area contributed by atoms with Crippen LogP contribution in [-0.4, -0.2) is 25.9 Å². The van der Waals surface area contributed by atoms with E-state index in [0.717, 1.165) is 17.8 Å². The fraction of sp³-hybridized carbons (Fsp3) is 0.500. The van der Waals surface area contributed by atoms with Crippen molar-refractivity contribution in [2.24, 2.45) is 11.1 Å². The van der Waals surface area contributed by atoms with E-state index in [2.05, 4.69) is 9.88 Å². The van der Waals surface area contributed by atoms with Crippen molar-refractivity contribution in [3.05, 3.63) is 16.5 Å². The summed E-state index contributed by atoms with van der Waals surface area (Å²) in [6.07, 6.45) is 1.94. The van der Waals surface area contributed by atoms with E-state index in [-0.39, 0.29) is 10.1 Å². The third-order valence-electron chi connectivity index (χ3n) is 2.59. The van der Waals surface area contributed by atoms with Crippen molar-refractivity contribution < 1.29 is 13.6 Å². The quantitative estimate of drug-likeness (QED) is 0.481. The molecule has 0 radical (unpaired) electrons. The van der Waals surface area contributed by atoms with E-state index >= 15 is 0 Å². The van der Waals surface area contributed by atoms with Crippen molar-refractivity contribution in [2.45, 2.75) is 30.5 Å². The monoisotopic (exact) mass is 310 g/mol. The van der Waals surface area contributed by atoms with Crippen molar-refractivity contribution in [1.82, 2.24) is 4.72 Å². The predicted molar refractivity (Wildman–Crippen MR) is 73.2 cm³/mol. The van der Waals surface area contributed by atoms with Gasteiger partial charge in [0.05, 0.1) is 16.6 Å². The van der Waals surface area contributed by atoms with Crippen molar-refractivity contribution in [3.63, 3.8) is 0 Å². The zero-order valence-corrected chi connectivity index (χ0v) is 12.4. The molecule has 2 N–H and O–H groups in total. The van der Waals surface area contributed by atoms with E-state index < -0.39 is 16.1 Å². The highest BCUT2D eigenvalue weighted by Crippen LogP contribution is 2.25. The van der Waals surface area contributed by atoms with Crippen molar-refractivity contribution in [2.75, 3.05) is 0 Å². The first-order chi connectivity index (χ1) is 8.40. The van der Waals surface area contributed by atoms with Gasteiger partial charge >= 0.3 is 0 Å². The smallest absolute Gasteiger partial charge is 0.250 e. The van der Waals surface area contributed by atoms with Gasteiger partial charge in [-0.2, -0.15) is 0 Å². The maximum Gasteiger partial charge on any atom is 0.250 e. The van der Waals surface area contributed by atoms with E-state index in [1.165, 1.54) is 18.3 Å². The molecule has 102 valence electrons. The Morgan fingerprint density at radius 3 is 2.72 bits per heavy atom. The van der Waals surface area contributed by atoms with Crippen molar-refractivity contribution in [3.8, 4) is 0 Å². The second kappa shape index (κ2) is 6.51. The standard InChI is InChI=1S/C10H15ClN2O3S2/c1-3-7(2)8(6-12-14)13-18(15,16)10-5-4-9(11)17-10/h4-8,13-14H,3H2,1-2H3/b12-6+/t7-,8+/m0/s1. The van der Waals surface area contributed by atoms with Gasteiger partial charge in [0, 0.05) is 0 Å². The molecule has 0 bridgehead atoms. The van der Waals surface area contributed by atoms with Crippen LogP contribution in [0.2, 0.25) is 4.34 Å². The molecule has 5 nitrogen and oxygen atoms in total. The molecule has 2 atom stereocenters. The van der Waals surface area contributed by atoms with Crippen LogP contribution in [0.1, 0.15) is 20.3 Å². The summed E-state index contributed by atoms with van der Waals surface area (Å²) in [7, 11) is -3.63. The summed E-state index contributed by atoms with van der Waals surface area (Å²) in [4.78, 5) is 0. The number of halogens is 1. The molecule has 0 aliphatic carbocycles. The van der Waals surface area contributed by atoms with Gasteiger partial charge in [-0.1, -0.05) is 31.9 Å². The van der Waals surface area contributed by atoms with Gasteiger partial charge in [0.2, 0.25) is 0 Å². The van der Waals surface area contributed by atoms with Gasteiger partial charge in [-0.05, 0) is 18.1 Å². The van der Waals surface area contributed by atoms with Crippen LogP contribution < -0.4 is 4.72 Å². The Hall–Kier alpha value is -0.630. The lowest BCUT2D eigenvalue weighted by atomic mass is 10.0. The van der Waals surface area contributed by atoms with Crippen molar-refractivity contribution >= 4 is 39.2 Å². The van der Waals surface area contributed by atoms with E-state index in [1.807, 2.05) is 13.8 Å². The van der Waals surface area contributed by atoms with Crippen molar-refractivity contribution in [1.29, 1.82) is 0 Å². The normalized spacial score (nSPS) is 15.9. The minimum Gasteiger partial charge on any atom is -0.411 e. The maximum absolute atomic E-state index is 12.0. The number of sulfonamides is 1. The predicted octanol–water partition coefficient (Wildman–Crippen LogP) is 2.55. The van der Waals surface area contributed by atoms with Gasteiger partial charge < -0.3 is 5.21 Å². The average molecular weight is 311 g/mol. The Labute approximate surface area is 116 Å². The summed E-state index contributed by atoms with van der Waals surface area (Å²) in [5, 5.41) is 11.5. The number of hydrogen-bond acceptors (Lipinski definition) is 5. The van der Waals surface area contributed by atoms with Gasteiger partial charge in [-0.25, -0.2) is 13.1 Å². The molecule has 1 aromatic heterocycles. The molecule has 0 amide bonds. The third-order valence-corrected chi connectivity index (χ3v) is 5.77. The number of nitrogens with one attached hydrogen (secondary N) is 1. The molecule has 0 spiro atoms. The van der Waals surface area contributed by atoms with Gasteiger partial charge in [0.15, 0.2) is 0 Å². The SMILES string of the molecule is CC[C@H](C)[C@@H](/C=N/O)NS(=O)(=O)c1ccc(Cl)s1. The van der Waals surface area contributed by atoms with Crippen LogP contribution in [0.5, 0.6) is 0 Å². The molecule has 0 unspecified atom stereocenters. The molecule has 0 saturated carbocycles. The molecule has 0 aliphatic rings. The third kappa shape index (κ3) is 3.94. The fourth-order valence-electron chi connectivity index (χ4n) is 1.30. The highest BCUT2D eigenvalue weighted by atomic mass is 35.5. The molecule has 0 aromatic carbocycles. The lowest BCUT2D eigenvalue weighted by Crippen LogP contribution is -2.40. The van der Waals surface area contributed by atoms with Crippen LogP contribution in [-0.2, 0) is 10.0 Å². The van der Waals surface area contributed by atoms with Gasteiger partial charge in [-0.3, -0.25) is 0 Å². The highest BCUT2D eigenvalue weighted by molar-refractivity contribution is 7.91. The fourth-order valence-corrected chi connectivity index (χ4v) is 4.08. The van der Waals surface area contributed by atoms with Crippen LogP contribution in [0, 0.1) is 5.92 Å². The Balaban J connectivity index is 2.92. The molecule has 1 aromatic rings. The Morgan fingerprint density at radius 2 is 2.28 bits per heavy atom. The molecule has 8 heteroatoms. The van der Waals surface area contributed by atoms with Gasteiger partial charge in [0.25, 0.3) is 10.0 Å². The molecule has 1 rings (SSSR count). The first-order valence-electron chi connectivity index (χ1n) is 5.36. The molecular formula is C10H15ClN2O3S2. The average Bonchev–Trinajstić information content (AvgIpc) is 2.75. The van der Waals surface area contributed by atoms with Gasteiger partial charge in [-0.15, -0.1) is 16.5 Å². The van der Waals surface area contributed by atoms with Crippen LogP contribution in [0.4, 0.5) is 0 Å². The number of oxime groups is 1. The second-order valence-corrected chi connectivity index (χ2v) is 7.51. The number of hydrogen-bond donors (Lipinski definition) is 2. The van der Waals surface area contributed by atoms with E-state index in [1.54, 1.807) is 0 Å². The molecule has 18 heavy (non-hydrogen) atoms. The molecule has 0 fully saturated rings. The molecule has 0 saturated heterocycles. The van der Waals surface area contributed by atoms with Crippen LogP contribution >= 0.6 is 22.9 Å². The summed E-state index contributed by atoms with van der Waals surface area (Å²) in [6, 6.07) is 2.42. The highest BCUT2D eigenvalue weighted by Gasteiger charge is 2.24. The Bertz CT molecular complexity index is 513. The minimum atomic E-state index is -3.63. The zero-order valence-electron chi connectivity index (χ0n) is 10.00. The zero-order chi connectivity index (χ0) is 13.8. The number of nitrogens with zero attached hydrogens (tertiary/aromatic N) is 1. The summed E-state index contributed by atoms with van der Waals surface area (Å²) in [5.41, 5.74) is 0. The van der Waals surface area contributed by atoms with E-state index in [9.17, 15) is 8.42 Å². The molecule has 1 heterocycles. The summed E-state index contributed by atoms with van der Waals surface area (Å²) in [6.45, 7) is 3.80. The van der Waals surface area contributed by atoms with Crippen LogP contribution in [0.15, 0.2) is 21.5 Å². The minimum absolute atomic E-state index is 0.0195.